The molecule has 0 aliphatic carbocycles. The van der Waals surface area contributed by atoms with Crippen LogP contribution < -0.4 is 15.1 Å². The molecule has 1 aliphatic rings. The number of hydrogen-bond donors (Lipinski definition) is 0. The van der Waals surface area contributed by atoms with E-state index in [1.165, 1.54) is 11.9 Å². The molecule has 0 amide bonds. The molecule has 3 aromatic carbocycles. The number of anilines is 1. The number of nitrogens with zero attached hydrogens (tertiary/aromatic N) is 2. The highest BCUT2D eigenvalue weighted by atomic mass is 32.2. The number of para-hydroxylation sites is 1. The van der Waals surface area contributed by atoms with Crippen molar-refractivity contribution in [3.8, 4) is 0 Å². The van der Waals surface area contributed by atoms with E-state index in [1.54, 1.807) is 48.5 Å². The molecule has 1 aliphatic heterocycles. The highest BCUT2D eigenvalue weighted by molar-refractivity contribution is 7.90. The molecule has 41 heavy (non-hydrogen) atoms. The zero-order valence-corrected chi connectivity index (χ0v) is 23.2. The van der Waals surface area contributed by atoms with Crippen LogP contribution in [0.1, 0.15) is 22.0 Å². The first-order valence-electron chi connectivity index (χ1n) is 12.7. The number of aliphatic carboxylic acids is 2. The Bertz CT molecular complexity index is 1420. The van der Waals surface area contributed by atoms with Gasteiger partial charge in [-0.3, -0.25) is 4.90 Å². The lowest BCUT2D eigenvalue weighted by molar-refractivity contribution is -0.301. The van der Waals surface area contributed by atoms with Gasteiger partial charge in [-0.1, -0.05) is 48.5 Å². The zero-order valence-electron chi connectivity index (χ0n) is 22.4. The normalized spacial score (nSPS) is 14.5. The topological polar surface area (TPSA) is 147 Å². The SMILES string of the molecule is CS(=O)(=O)c1ccc(C(CN2CCN(c3ccccc3)CC2)OC(=O)c2ccccc2)cc1.O=C([O-])/C=C\C(=O)[O-]. The van der Waals surface area contributed by atoms with Crippen LogP contribution in [-0.2, 0) is 24.2 Å². The first kappa shape index (κ1) is 31.1. The molecule has 0 aromatic heterocycles. The van der Waals surface area contributed by atoms with Gasteiger partial charge in [-0.05, 0) is 54.1 Å². The lowest BCUT2D eigenvalue weighted by Gasteiger charge is -2.37. The molecular weight excluding hydrogens is 548 g/mol. The summed E-state index contributed by atoms with van der Waals surface area (Å²) in [4.78, 5) is 36.5. The molecular formula is C30H30N2O8S-2. The van der Waals surface area contributed by atoms with Gasteiger partial charge in [-0.2, -0.15) is 0 Å². The van der Waals surface area contributed by atoms with Crippen molar-refractivity contribution in [3.05, 3.63) is 108 Å². The fourth-order valence-electron chi connectivity index (χ4n) is 4.11. The molecule has 0 spiro atoms. The summed E-state index contributed by atoms with van der Waals surface area (Å²) in [5.41, 5.74) is 2.47. The Morgan fingerprint density at radius 1 is 0.805 bits per heavy atom. The van der Waals surface area contributed by atoms with Gasteiger partial charge < -0.3 is 29.4 Å². The first-order chi connectivity index (χ1) is 19.5. The fourth-order valence-corrected chi connectivity index (χ4v) is 4.74. The summed E-state index contributed by atoms with van der Waals surface area (Å²) >= 11 is 0. The Morgan fingerprint density at radius 3 is 1.80 bits per heavy atom. The van der Waals surface area contributed by atoms with E-state index in [1.807, 2.05) is 24.3 Å². The molecule has 0 N–H and O–H groups in total. The van der Waals surface area contributed by atoms with Gasteiger partial charge in [0, 0.05) is 44.7 Å². The predicted octanol–water partition coefficient (Wildman–Crippen LogP) is 0.853. The van der Waals surface area contributed by atoms with Crippen LogP contribution in [0.25, 0.3) is 0 Å². The van der Waals surface area contributed by atoms with E-state index in [2.05, 4.69) is 21.9 Å². The Balaban J connectivity index is 0.000000507. The molecule has 10 nitrogen and oxygen atoms in total. The van der Waals surface area contributed by atoms with E-state index in [0.717, 1.165) is 31.7 Å². The largest absolute Gasteiger partial charge is 0.545 e. The van der Waals surface area contributed by atoms with Crippen molar-refractivity contribution >= 4 is 33.4 Å². The van der Waals surface area contributed by atoms with Crippen LogP contribution in [0.15, 0.2) is 102 Å². The standard InChI is InChI=1S/C26H28N2O4S.C4H4O4/c1-33(30,31)24-14-12-21(13-15-24)25(32-26(29)22-8-4-2-5-9-22)20-27-16-18-28(19-17-27)23-10-6-3-7-11-23;5-3(6)1-2-4(7)8/h2-15,25H,16-20H2,1H3;1-2H,(H,5,6)(H,7,8)/p-2/b;2-1-. The number of carboxylic acids is 2. The van der Waals surface area contributed by atoms with Gasteiger partial charge >= 0.3 is 5.97 Å². The van der Waals surface area contributed by atoms with Crippen LogP contribution in [0.3, 0.4) is 0 Å². The number of benzene rings is 3. The summed E-state index contributed by atoms with van der Waals surface area (Å²) < 4.78 is 29.6. The fraction of sp³-hybridized carbons (Fsp3) is 0.233. The van der Waals surface area contributed by atoms with Gasteiger partial charge in [-0.15, -0.1) is 0 Å². The average Bonchev–Trinajstić information content (AvgIpc) is 2.97. The van der Waals surface area contributed by atoms with E-state index in [-0.39, 0.29) is 4.90 Å². The highest BCUT2D eigenvalue weighted by Crippen LogP contribution is 2.24. The Morgan fingerprint density at radius 2 is 1.32 bits per heavy atom. The van der Waals surface area contributed by atoms with Gasteiger partial charge in [0.15, 0.2) is 9.84 Å². The first-order valence-corrected chi connectivity index (χ1v) is 14.6. The highest BCUT2D eigenvalue weighted by Gasteiger charge is 2.25. The average molecular weight is 579 g/mol. The zero-order chi connectivity index (χ0) is 29.8. The van der Waals surface area contributed by atoms with Crippen molar-refractivity contribution < 1.29 is 37.8 Å². The minimum Gasteiger partial charge on any atom is -0.545 e. The summed E-state index contributed by atoms with van der Waals surface area (Å²) in [5.74, 6) is -3.49. The van der Waals surface area contributed by atoms with Crippen molar-refractivity contribution in [2.75, 3.05) is 43.9 Å². The van der Waals surface area contributed by atoms with Crippen LogP contribution in [0.2, 0.25) is 0 Å². The van der Waals surface area contributed by atoms with E-state index in [0.29, 0.717) is 24.3 Å². The third-order valence-electron chi connectivity index (χ3n) is 6.21. The molecule has 1 fully saturated rings. The second-order valence-electron chi connectivity index (χ2n) is 9.20. The van der Waals surface area contributed by atoms with Crippen molar-refractivity contribution in [2.24, 2.45) is 0 Å². The molecule has 11 heteroatoms. The van der Waals surface area contributed by atoms with E-state index in [4.69, 9.17) is 4.74 Å². The second kappa shape index (κ2) is 14.8. The number of carboxylic acid groups (broad SMARTS) is 2. The minimum atomic E-state index is -3.29. The monoisotopic (exact) mass is 578 g/mol. The maximum absolute atomic E-state index is 12.8. The molecule has 0 bridgehead atoms. The number of carbonyl (C=O) groups excluding carboxylic acids is 3. The van der Waals surface area contributed by atoms with Gasteiger partial charge in [0.05, 0.1) is 22.4 Å². The van der Waals surface area contributed by atoms with Crippen LogP contribution in [-0.4, -0.2) is 70.2 Å². The van der Waals surface area contributed by atoms with Crippen LogP contribution in [0, 0.1) is 0 Å². The van der Waals surface area contributed by atoms with Crippen molar-refractivity contribution in [1.82, 2.24) is 4.90 Å². The lowest BCUT2D eigenvalue weighted by Crippen LogP contribution is -2.47. The smallest absolute Gasteiger partial charge is 0.338 e. The maximum Gasteiger partial charge on any atom is 0.338 e. The van der Waals surface area contributed by atoms with Crippen LogP contribution in [0.5, 0.6) is 0 Å². The molecule has 216 valence electrons. The van der Waals surface area contributed by atoms with Crippen molar-refractivity contribution in [3.63, 3.8) is 0 Å². The van der Waals surface area contributed by atoms with E-state index >= 15 is 0 Å². The molecule has 0 saturated carbocycles. The minimum absolute atomic E-state index is 0.246. The Kier molecular flexibility index (Phi) is 11.2. The molecule has 1 saturated heterocycles. The summed E-state index contributed by atoms with van der Waals surface area (Å²) in [6.45, 7) is 4.00. The summed E-state index contributed by atoms with van der Waals surface area (Å²) in [6, 6.07) is 25.8. The second-order valence-corrected chi connectivity index (χ2v) is 11.2. The van der Waals surface area contributed by atoms with E-state index < -0.39 is 33.8 Å². The maximum atomic E-state index is 12.8. The summed E-state index contributed by atoms with van der Waals surface area (Å²) in [6.07, 6.45) is 1.45. The van der Waals surface area contributed by atoms with Crippen LogP contribution >= 0.6 is 0 Å². The summed E-state index contributed by atoms with van der Waals surface area (Å²) in [7, 11) is -3.29. The van der Waals surface area contributed by atoms with Crippen molar-refractivity contribution in [2.45, 2.75) is 11.0 Å². The number of esters is 1. The van der Waals surface area contributed by atoms with Crippen molar-refractivity contribution in [1.29, 1.82) is 0 Å². The third kappa shape index (κ3) is 10.2. The van der Waals surface area contributed by atoms with Gasteiger partial charge in [0.2, 0.25) is 0 Å². The number of carbonyl (C=O) groups is 3. The van der Waals surface area contributed by atoms with E-state index in [9.17, 15) is 33.0 Å². The Labute approximate surface area is 239 Å². The third-order valence-corrected chi connectivity index (χ3v) is 7.34. The molecule has 0 radical (unpaired) electrons. The summed E-state index contributed by atoms with van der Waals surface area (Å²) in [5, 5.41) is 18.8. The number of piperazine rings is 1. The predicted molar refractivity (Wildman–Crippen MR) is 148 cm³/mol. The molecule has 3 aromatic rings. The number of hydrogen-bond acceptors (Lipinski definition) is 10. The molecule has 1 unspecified atom stereocenters. The van der Waals surface area contributed by atoms with Gasteiger partial charge in [0.1, 0.15) is 6.10 Å². The molecule has 1 heterocycles. The quantitative estimate of drug-likeness (QED) is 0.264. The van der Waals surface area contributed by atoms with Crippen LogP contribution in [0.4, 0.5) is 5.69 Å². The van der Waals surface area contributed by atoms with Gasteiger partial charge in [-0.25, -0.2) is 13.2 Å². The molecule has 1 atom stereocenters. The number of rotatable bonds is 9. The number of ether oxygens (including phenoxy) is 1. The van der Waals surface area contributed by atoms with Gasteiger partial charge in [0.25, 0.3) is 0 Å². The molecule has 4 rings (SSSR count). The number of sulfone groups is 1. The Hall–Kier alpha value is -4.48. The lowest BCUT2D eigenvalue weighted by atomic mass is 10.1.